The number of hydrogen-bond acceptors (Lipinski definition) is 16. The Balaban J connectivity index is 0.000000144. The van der Waals surface area contributed by atoms with E-state index in [4.69, 9.17) is 35.0 Å². The minimum Gasteiger partial charge on any atom is -0.493 e. The number of hydrogen-bond donors (Lipinski definition) is 3. The standard InChI is InChI=1S/C31H27F4NO2.C28H24ClFN2O3S.C28H26N4O3.C27H30N4O2S/c32-28-14-12-23(13-15-28)16-17-38-29-11-5-9-26(19-29)22-36(21-24-6-2-1-3-7-24)30(37)20-25-8-4-10-27(18-25)31(33,34)35;29-24-16-8-7-15-23(24)19-32(36(34,35)26-18-10-9-17-25(26)30)20-27(33)31-28(21-11-3-1-4-12-21)22-13-5-2-6-14-22;1-18-9-8-12-21(13-18)32-16-22(19-10-6-5-7-11-19)25-27(29-17-30-28(25)32)31-20-14-23(33-2)26(35-4)24(15-20)34-3;1-19(26(32)28-18-23-14-8-16-33-23)34-27-30-29-25(31(27)22-12-3-2-4-13-22)17-21-11-7-10-20-9-5-6-15-24(20)21/h1-15,18-19H,16-17,20-22H2;1-18,28H,19-20H2,(H,31,33);5-17H,1-4H3,(H,29,30,31);5-11,14-16,19,22H,2-4,12-13,17-18H2,1H3,(H,28,32)/t;;;19-/m...0/s1. The van der Waals surface area contributed by atoms with E-state index in [0.717, 1.165) is 120 Å². The molecule has 1 saturated carbocycles. The van der Waals surface area contributed by atoms with E-state index in [2.05, 4.69) is 137 Å². The molecule has 1 aliphatic rings. The Morgan fingerprint density at radius 2 is 1.24 bits per heavy atom. The number of aryl methyl sites for hydroxylation is 1. The highest BCUT2D eigenvalue weighted by Gasteiger charge is 2.34. The van der Waals surface area contributed by atoms with Crippen LogP contribution in [0.4, 0.5) is 33.5 Å². The number of fused-ring (bicyclic) bond motifs is 2. The first-order valence-corrected chi connectivity index (χ1v) is 49.4. The van der Waals surface area contributed by atoms with Crippen molar-refractivity contribution in [1.82, 2.24) is 49.1 Å². The Labute approximate surface area is 837 Å². The number of amides is 3. The molecule has 18 rings (SSSR count). The summed E-state index contributed by atoms with van der Waals surface area (Å²) in [5, 5.41) is 22.9. The smallest absolute Gasteiger partial charge is 0.416 e. The van der Waals surface area contributed by atoms with Gasteiger partial charge in [-0.1, -0.05) is 291 Å². The number of furan rings is 1. The van der Waals surface area contributed by atoms with Crippen molar-refractivity contribution in [3.63, 3.8) is 0 Å². The van der Waals surface area contributed by atoms with Gasteiger partial charge in [0.25, 0.3) is 0 Å². The van der Waals surface area contributed by atoms with Crippen LogP contribution in [0.3, 0.4) is 0 Å². The average Bonchev–Trinajstić information content (AvgIpc) is 1.61. The first kappa shape index (κ1) is 102. The lowest BCUT2D eigenvalue weighted by molar-refractivity contribution is -0.138. The van der Waals surface area contributed by atoms with Crippen LogP contribution >= 0.6 is 23.4 Å². The van der Waals surface area contributed by atoms with Crippen LogP contribution < -0.4 is 34.9 Å². The van der Waals surface area contributed by atoms with Crippen LogP contribution in [0.1, 0.15) is 118 Å². The second kappa shape index (κ2) is 49.3. The fourth-order valence-electron chi connectivity index (χ4n) is 17.0. The second-order valence-electron chi connectivity index (χ2n) is 34.1. The molecule has 3 N–H and O–H groups in total. The number of sulfonamides is 1. The summed E-state index contributed by atoms with van der Waals surface area (Å²) in [4.78, 5) is 49.8. The van der Waals surface area contributed by atoms with Crippen LogP contribution in [0.2, 0.25) is 5.02 Å². The maximum atomic E-state index is 14.5. The number of benzene rings is 13. The summed E-state index contributed by atoms with van der Waals surface area (Å²) in [6.07, 6.45) is 8.01. The van der Waals surface area contributed by atoms with Crippen molar-refractivity contribution >= 4 is 84.4 Å². The summed E-state index contributed by atoms with van der Waals surface area (Å²) in [7, 11) is 0.410. The molecule has 3 amide bonds. The molecule has 1 fully saturated rings. The lowest BCUT2D eigenvalue weighted by Crippen LogP contribution is -2.42. The normalized spacial score (nSPS) is 12.2. The Hall–Kier alpha value is -15.2. The van der Waals surface area contributed by atoms with E-state index >= 15 is 0 Å². The number of halogens is 6. The molecule has 143 heavy (non-hydrogen) atoms. The number of methoxy groups -OCH3 is 3. The van der Waals surface area contributed by atoms with Gasteiger partial charge in [0, 0.05) is 78.8 Å². The molecule has 0 radical (unpaired) electrons. The topological polar surface area (TPSA) is 239 Å². The van der Waals surface area contributed by atoms with E-state index in [9.17, 15) is 44.8 Å². The molecule has 1 aliphatic carbocycles. The van der Waals surface area contributed by atoms with Gasteiger partial charge < -0.3 is 53.3 Å². The Bertz CT molecular complexity index is 7170. The third-order valence-corrected chi connectivity index (χ3v) is 27.4. The van der Waals surface area contributed by atoms with Crippen molar-refractivity contribution in [1.29, 1.82) is 0 Å². The molecular formula is C114H107ClF5N11O10S2. The molecule has 4 aromatic heterocycles. The summed E-state index contributed by atoms with van der Waals surface area (Å²) in [5.41, 5.74) is 11.5. The molecule has 21 nitrogen and oxygen atoms in total. The molecule has 4 heterocycles. The van der Waals surface area contributed by atoms with Crippen molar-refractivity contribution < 1.29 is 68.1 Å². The second-order valence-corrected chi connectivity index (χ2v) is 37.7. The van der Waals surface area contributed by atoms with Crippen molar-refractivity contribution in [2.45, 2.75) is 125 Å². The minimum atomic E-state index is -4.47. The zero-order valence-corrected chi connectivity index (χ0v) is 81.8. The van der Waals surface area contributed by atoms with Gasteiger partial charge in [-0.15, -0.1) is 10.2 Å². The lowest BCUT2D eigenvalue weighted by Gasteiger charge is -2.26. The molecule has 732 valence electrons. The van der Waals surface area contributed by atoms with Gasteiger partial charge in [-0.05, 0) is 166 Å². The largest absolute Gasteiger partial charge is 0.493 e. The SMILES string of the molecule is COc1cc(Nc2ncnc3c2c(-c2ccccc2)cn3-c2cccc(C)c2)cc(OC)c1OC.C[C@H](Sc1nnc(Cc2cccc3ccccc23)n1C1CCCCC1)C(=O)NCc1ccco1.O=C(CN(Cc1ccccc1Cl)S(=O)(=O)c1ccccc1F)NC(c1ccccc1)c1ccccc1.O=C(Cc1cccc(C(F)(F)F)c1)N(Cc1ccccc1)Cc1cccc(OCCc2ccc(F)cc2)c1. The summed E-state index contributed by atoms with van der Waals surface area (Å²) in [6, 6.07) is 99.3. The number of alkyl halides is 3. The quantitative estimate of drug-likeness (QED) is 0.0251. The van der Waals surface area contributed by atoms with Crippen LogP contribution in [-0.4, -0.2) is 104 Å². The Kier molecular flexibility index (Phi) is 35.2. The summed E-state index contributed by atoms with van der Waals surface area (Å²) >= 11 is 7.77. The molecule has 0 bridgehead atoms. The number of ether oxygens (including phenoxy) is 4. The number of nitrogens with zero attached hydrogens (tertiary/aromatic N) is 8. The highest BCUT2D eigenvalue weighted by atomic mass is 35.5. The summed E-state index contributed by atoms with van der Waals surface area (Å²) < 4.78 is 127. The highest BCUT2D eigenvalue weighted by molar-refractivity contribution is 8.00. The number of aromatic nitrogens is 6. The number of carbonyl (C=O) groups is 3. The van der Waals surface area contributed by atoms with E-state index in [1.807, 2.05) is 165 Å². The average molecular weight is 1990 g/mol. The number of anilines is 2. The molecule has 0 saturated heterocycles. The zero-order valence-electron chi connectivity index (χ0n) is 79.4. The number of nitrogens with one attached hydrogen (secondary N) is 3. The third-order valence-electron chi connectivity index (χ3n) is 24.1. The van der Waals surface area contributed by atoms with Crippen molar-refractivity contribution in [3.8, 4) is 39.8 Å². The predicted octanol–water partition coefficient (Wildman–Crippen LogP) is 24.9. The van der Waals surface area contributed by atoms with Crippen molar-refractivity contribution in [3.05, 3.63) is 436 Å². The zero-order chi connectivity index (χ0) is 100. The Morgan fingerprint density at radius 3 is 1.93 bits per heavy atom. The lowest BCUT2D eigenvalue weighted by atomic mass is 9.95. The van der Waals surface area contributed by atoms with Crippen LogP contribution in [-0.2, 0) is 76.0 Å². The molecule has 0 aliphatic heterocycles. The Morgan fingerprint density at radius 1 is 0.615 bits per heavy atom. The van der Waals surface area contributed by atoms with E-state index in [1.165, 1.54) is 95.4 Å². The van der Waals surface area contributed by atoms with E-state index < -0.39 is 51.0 Å². The van der Waals surface area contributed by atoms with Gasteiger partial charge in [0.15, 0.2) is 22.3 Å². The number of rotatable bonds is 34. The van der Waals surface area contributed by atoms with Gasteiger partial charge >= 0.3 is 6.18 Å². The van der Waals surface area contributed by atoms with Crippen LogP contribution in [0.5, 0.6) is 23.0 Å². The van der Waals surface area contributed by atoms with E-state index in [-0.39, 0.29) is 42.4 Å². The summed E-state index contributed by atoms with van der Waals surface area (Å²) in [5.74, 6) is 2.64. The first-order chi connectivity index (χ1) is 69.4. The fourth-order valence-corrected chi connectivity index (χ4v) is 19.6. The van der Waals surface area contributed by atoms with Gasteiger partial charge in [0.2, 0.25) is 33.5 Å². The maximum Gasteiger partial charge on any atom is 0.416 e. The van der Waals surface area contributed by atoms with Gasteiger partial charge in [-0.3, -0.25) is 14.4 Å². The van der Waals surface area contributed by atoms with E-state index in [0.29, 0.717) is 77.1 Å². The number of thioether (sulfide) groups is 1. The van der Waals surface area contributed by atoms with Crippen molar-refractivity contribution in [2.75, 3.05) is 39.8 Å². The molecule has 13 aromatic carbocycles. The molecule has 1 atom stereocenters. The van der Waals surface area contributed by atoms with Gasteiger partial charge in [-0.2, -0.15) is 17.5 Å². The molecule has 0 unspecified atom stereocenters. The van der Waals surface area contributed by atoms with E-state index in [1.54, 1.807) is 75.2 Å². The van der Waals surface area contributed by atoms with Crippen molar-refractivity contribution in [2.24, 2.45) is 0 Å². The minimum absolute atomic E-state index is 0.0322. The van der Waals surface area contributed by atoms with Crippen LogP contribution in [0, 0.1) is 18.6 Å². The van der Waals surface area contributed by atoms with Crippen LogP contribution in [0.25, 0.3) is 38.6 Å². The maximum absolute atomic E-state index is 14.5. The number of carbonyl (C=O) groups excluding carboxylic acids is 3. The van der Waals surface area contributed by atoms with Crippen LogP contribution in [0.15, 0.2) is 367 Å². The molecule has 17 aromatic rings. The molecule has 0 spiro atoms. The van der Waals surface area contributed by atoms with Gasteiger partial charge in [0.05, 0.1) is 76.0 Å². The fraction of sp³-hybridized carbons (Fsp3) is 0.202. The molecular weight excluding hydrogens is 1880 g/mol. The first-order valence-electron chi connectivity index (χ1n) is 46.7. The molecule has 29 heteroatoms. The predicted molar refractivity (Wildman–Crippen MR) is 549 cm³/mol. The highest BCUT2D eigenvalue weighted by Crippen LogP contribution is 2.44. The third kappa shape index (κ3) is 27.3. The van der Waals surface area contributed by atoms with Gasteiger partial charge in [0.1, 0.15) is 46.0 Å². The monoisotopic (exact) mass is 1980 g/mol. The van der Waals surface area contributed by atoms with Gasteiger partial charge in [-0.25, -0.2) is 27.2 Å². The summed E-state index contributed by atoms with van der Waals surface area (Å²) in [6.45, 7) is 4.64.